The fourth-order valence-electron chi connectivity index (χ4n) is 2.96. The maximum absolute atomic E-state index is 12.6. The van der Waals surface area contributed by atoms with Crippen molar-refractivity contribution in [3.63, 3.8) is 0 Å². The van der Waals surface area contributed by atoms with Gasteiger partial charge in [0.05, 0.1) is 27.2 Å². The molecule has 10 heteroatoms. The predicted octanol–water partition coefficient (Wildman–Crippen LogP) is 5.98. The molecule has 0 saturated heterocycles. The van der Waals surface area contributed by atoms with Gasteiger partial charge in [-0.25, -0.2) is 4.79 Å². The Bertz CT molecular complexity index is 1460. The maximum Gasteiger partial charge on any atom is 0.349 e. The summed E-state index contributed by atoms with van der Waals surface area (Å²) in [5.41, 5.74) is 0.677. The molecule has 4 aromatic rings. The van der Waals surface area contributed by atoms with Gasteiger partial charge in [0.15, 0.2) is 5.75 Å². The number of hydrogen-bond acceptors (Lipinski definition) is 4. The number of rotatable bonds is 5. The summed E-state index contributed by atoms with van der Waals surface area (Å²) in [5, 5.41) is 4.91. The lowest BCUT2D eigenvalue weighted by Gasteiger charge is -2.12. The summed E-state index contributed by atoms with van der Waals surface area (Å²) in [4.78, 5) is 27.4. The molecule has 0 bridgehead atoms. The Morgan fingerprint density at radius 1 is 1.03 bits per heavy atom. The normalized spacial score (nSPS) is 11.4. The van der Waals surface area contributed by atoms with Gasteiger partial charge in [-0.2, -0.15) is 5.10 Å². The summed E-state index contributed by atoms with van der Waals surface area (Å²) in [5.74, 6) is 0.320. The molecule has 0 spiro atoms. The molecule has 1 N–H and O–H groups in total. The van der Waals surface area contributed by atoms with Crippen molar-refractivity contribution >= 4 is 72.2 Å². The number of benzene rings is 3. The summed E-state index contributed by atoms with van der Waals surface area (Å²) in [6.45, 7) is 0.253. The van der Waals surface area contributed by atoms with E-state index in [0.29, 0.717) is 22.2 Å². The number of para-hydroxylation sites is 1. The Kier molecular flexibility index (Phi) is 6.85. The van der Waals surface area contributed by atoms with Crippen LogP contribution in [0.15, 0.2) is 78.2 Å². The zero-order valence-electron chi connectivity index (χ0n) is 16.1. The van der Waals surface area contributed by atoms with E-state index in [1.807, 2.05) is 18.2 Å². The monoisotopic (exact) mass is 595 g/mol. The number of H-pyrrole nitrogens is 1. The van der Waals surface area contributed by atoms with E-state index in [-0.39, 0.29) is 16.7 Å². The molecular weight excluding hydrogens is 585 g/mol. The quantitative estimate of drug-likeness (QED) is 0.288. The lowest BCUT2D eigenvalue weighted by Crippen LogP contribution is -2.32. The molecule has 32 heavy (non-hydrogen) atoms. The van der Waals surface area contributed by atoms with Gasteiger partial charge in [0.2, 0.25) is 0 Å². The Labute approximate surface area is 208 Å². The first kappa shape index (κ1) is 22.8. The highest BCUT2D eigenvalue weighted by Gasteiger charge is 2.11. The van der Waals surface area contributed by atoms with E-state index in [4.69, 9.17) is 27.9 Å². The van der Waals surface area contributed by atoms with Crippen molar-refractivity contribution in [1.82, 2.24) is 9.66 Å². The summed E-state index contributed by atoms with van der Waals surface area (Å²) in [7, 11) is 0. The van der Waals surface area contributed by atoms with E-state index in [1.165, 1.54) is 6.21 Å². The molecule has 0 aliphatic rings. The Morgan fingerprint density at radius 2 is 1.75 bits per heavy atom. The predicted molar refractivity (Wildman–Crippen MR) is 134 cm³/mol. The van der Waals surface area contributed by atoms with Gasteiger partial charge in [0.25, 0.3) is 5.56 Å². The van der Waals surface area contributed by atoms with Crippen LogP contribution in [0, 0.1) is 0 Å². The van der Waals surface area contributed by atoms with E-state index in [1.54, 1.807) is 36.4 Å². The van der Waals surface area contributed by atoms with Crippen LogP contribution in [-0.4, -0.2) is 15.9 Å². The van der Waals surface area contributed by atoms with Crippen LogP contribution in [-0.2, 0) is 6.61 Å². The SMILES string of the molecule is O=c1[nH]c2ccccc2c(=O)n1N=Cc1cc(Cl)c(OCc2ccc(Br)cc2Br)c(Cl)c1. The maximum atomic E-state index is 12.6. The van der Waals surface area contributed by atoms with Crippen LogP contribution in [0.4, 0.5) is 0 Å². The molecule has 1 aromatic heterocycles. The fraction of sp³-hybridized carbons (Fsp3) is 0.0455. The minimum Gasteiger partial charge on any atom is -0.486 e. The third-order valence-electron chi connectivity index (χ3n) is 4.51. The van der Waals surface area contributed by atoms with Crippen LogP contribution in [0.25, 0.3) is 10.9 Å². The van der Waals surface area contributed by atoms with Gasteiger partial charge in [0, 0.05) is 14.5 Å². The number of hydrogen-bond donors (Lipinski definition) is 1. The molecule has 0 fully saturated rings. The Balaban J connectivity index is 1.60. The first-order valence-electron chi connectivity index (χ1n) is 9.17. The Morgan fingerprint density at radius 3 is 2.47 bits per heavy atom. The van der Waals surface area contributed by atoms with Crippen LogP contribution in [0.2, 0.25) is 10.0 Å². The van der Waals surface area contributed by atoms with Crippen molar-refractivity contribution < 1.29 is 4.74 Å². The van der Waals surface area contributed by atoms with Crippen molar-refractivity contribution in [3.8, 4) is 5.75 Å². The zero-order valence-corrected chi connectivity index (χ0v) is 20.8. The third-order valence-corrected chi connectivity index (χ3v) is 6.31. The van der Waals surface area contributed by atoms with E-state index < -0.39 is 11.2 Å². The fourth-order valence-corrected chi connectivity index (χ4v) is 4.74. The van der Waals surface area contributed by atoms with Gasteiger partial charge in [-0.15, -0.1) is 4.68 Å². The standard InChI is InChI=1S/C22H13Br2Cl2N3O3/c23-14-6-5-13(16(24)9-14)11-32-20-17(25)7-12(8-18(20)26)10-27-29-21(30)15-3-1-2-4-19(15)28-22(29)31/h1-10H,11H2,(H,28,31). The van der Waals surface area contributed by atoms with Gasteiger partial charge in [-0.1, -0.05) is 73.3 Å². The van der Waals surface area contributed by atoms with Crippen LogP contribution < -0.4 is 16.0 Å². The minimum atomic E-state index is -0.651. The van der Waals surface area contributed by atoms with E-state index in [9.17, 15) is 9.59 Å². The molecule has 0 amide bonds. The molecule has 3 aromatic carbocycles. The van der Waals surface area contributed by atoms with Crippen molar-refractivity contribution in [2.45, 2.75) is 6.61 Å². The first-order valence-corrected chi connectivity index (χ1v) is 11.5. The average molecular weight is 598 g/mol. The lowest BCUT2D eigenvalue weighted by molar-refractivity contribution is 0.306. The second kappa shape index (κ2) is 9.62. The highest BCUT2D eigenvalue weighted by Crippen LogP contribution is 2.35. The summed E-state index contributed by atoms with van der Waals surface area (Å²) >= 11 is 19.6. The highest BCUT2D eigenvalue weighted by atomic mass is 79.9. The number of nitrogens with zero attached hydrogens (tertiary/aromatic N) is 2. The van der Waals surface area contributed by atoms with Crippen LogP contribution in [0.1, 0.15) is 11.1 Å². The highest BCUT2D eigenvalue weighted by molar-refractivity contribution is 9.11. The van der Waals surface area contributed by atoms with Crippen LogP contribution in [0.3, 0.4) is 0 Å². The molecular formula is C22H13Br2Cl2N3O3. The summed E-state index contributed by atoms with van der Waals surface area (Å²) in [6, 6.07) is 15.6. The smallest absolute Gasteiger partial charge is 0.349 e. The van der Waals surface area contributed by atoms with Gasteiger partial charge in [-0.3, -0.25) is 4.79 Å². The van der Waals surface area contributed by atoms with Crippen LogP contribution >= 0.6 is 55.1 Å². The number of halogens is 4. The van der Waals surface area contributed by atoms with Gasteiger partial charge in [0.1, 0.15) is 6.61 Å². The molecule has 0 saturated carbocycles. The van der Waals surface area contributed by atoms with Gasteiger partial charge < -0.3 is 9.72 Å². The molecule has 0 aliphatic heterocycles. The molecule has 1 heterocycles. The molecule has 0 radical (unpaired) electrons. The molecule has 162 valence electrons. The first-order chi connectivity index (χ1) is 15.3. The molecule has 0 unspecified atom stereocenters. The summed E-state index contributed by atoms with van der Waals surface area (Å²) in [6.07, 6.45) is 1.33. The van der Waals surface area contributed by atoms with E-state index in [2.05, 4.69) is 41.9 Å². The van der Waals surface area contributed by atoms with Gasteiger partial charge >= 0.3 is 5.69 Å². The van der Waals surface area contributed by atoms with E-state index in [0.717, 1.165) is 19.2 Å². The lowest BCUT2D eigenvalue weighted by atomic mass is 10.2. The molecule has 0 atom stereocenters. The molecule has 6 nitrogen and oxygen atoms in total. The number of fused-ring (bicyclic) bond motifs is 1. The van der Waals surface area contributed by atoms with Crippen LogP contribution in [0.5, 0.6) is 5.75 Å². The molecule has 0 aliphatic carbocycles. The second-order valence-electron chi connectivity index (χ2n) is 6.68. The summed E-state index contributed by atoms with van der Waals surface area (Å²) < 4.78 is 8.39. The number of aromatic nitrogens is 2. The van der Waals surface area contributed by atoms with Crippen molar-refractivity contribution in [3.05, 3.63) is 106 Å². The second-order valence-corrected chi connectivity index (χ2v) is 9.26. The van der Waals surface area contributed by atoms with Crippen molar-refractivity contribution in [1.29, 1.82) is 0 Å². The van der Waals surface area contributed by atoms with E-state index >= 15 is 0 Å². The largest absolute Gasteiger partial charge is 0.486 e. The number of nitrogens with one attached hydrogen (secondary N) is 1. The van der Waals surface area contributed by atoms with Crippen molar-refractivity contribution in [2.75, 3.05) is 0 Å². The Hall–Kier alpha value is -2.39. The molecule has 4 rings (SSSR count). The number of aromatic amines is 1. The topological polar surface area (TPSA) is 76.5 Å². The minimum absolute atomic E-state index is 0.253. The van der Waals surface area contributed by atoms with Crippen molar-refractivity contribution in [2.24, 2.45) is 5.10 Å². The number of ether oxygens (including phenoxy) is 1. The van der Waals surface area contributed by atoms with Gasteiger partial charge in [-0.05, 0) is 42.0 Å². The average Bonchev–Trinajstić information content (AvgIpc) is 2.74. The zero-order chi connectivity index (χ0) is 22.8. The third kappa shape index (κ3) is 4.83.